The lowest BCUT2D eigenvalue weighted by atomic mass is 9.90. The Labute approximate surface area is 183 Å². The van der Waals surface area contributed by atoms with Crippen molar-refractivity contribution < 1.29 is 0 Å². The number of aliphatic imine (C=N–C) groups is 1. The van der Waals surface area contributed by atoms with Crippen molar-refractivity contribution >= 4 is 35.6 Å². The van der Waals surface area contributed by atoms with E-state index >= 15 is 0 Å². The third kappa shape index (κ3) is 4.92. The summed E-state index contributed by atoms with van der Waals surface area (Å²) in [5.74, 6) is 0.464. The number of imidazole rings is 1. The maximum absolute atomic E-state index is 6.20. The molecule has 1 aliphatic rings. The zero-order chi connectivity index (χ0) is 18.5. The normalized spacial score (nSPS) is 13.5. The molecule has 4 rings (SSSR count). The Balaban J connectivity index is 0.00000225. The molecular weight excluding hydrogens is 461 g/mol. The van der Waals surface area contributed by atoms with E-state index in [9.17, 15) is 0 Å². The van der Waals surface area contributed by atoms with Gasteiger partial charge in [-0.2, -0.15) is 0 Å². The van der Waals surface area contributed by atoms with Gasteiger partial charge in [-0.1, -0.05) is 36.4 Å². The van der Waals surface area contributed by atoms with E-state index in [-0.39, 0.29) is 24.0 Å². The van der Waals surface area contributed by atoms with Crippen LogP contribution in [0.5, 0.6) is 0 Å². The number of hydrogen-bond acceptors (Lipinski definition) is 2. The predicted molar refractivity (Wildman–Crippen MR) is 125 cm³/mol. The molecule has 6 heteroatoms. The molecule has 0 fully saturated rings. The molecule has 1 aromatic heterocycles. The molecule has 28 heavy (non-hydrogen) atoms. The molecule has 0 amide bonds. The van der Waals surface area contributed by atoms with Crippen LogP contribution in [0.3, 0.4) is 0 Å². The van der Waals surface area contributed by atoms with E-state index in [1.54, 1.807) is 6.20 Å². The highest BCUT2D eigenvalue weighted by molar-refractivity contribution is 14.0. The fourth-order valence-corrected chi connectivity index (χ4v) is 3.69. The van der Waals surface area contributed by atoms with Gasteiger partial charge in [0.05, 0.1) is 12.9 Å². The molecule has 1 aliphatic carbocycles. The summed E-state index contributed by atoms with van der Waals surface area (Å²) in [5, 5.41) is 3.32. The van der Waals surface area contributed by atoms with Gasteiger partial charge in [-0.15, -0.1) is 24.0 Å². The first-order chi connectivity index (χ1) is 13.3. The third-order valence-electron chi connectivity index (χ3n) is 5.11. The lowest BCUT2D eigenvalue weighted by Crippen LogP contribution is -2.24. The average molecular weight is 487 g/mol. The van der Waals surface area contributed by atoms with E-state index in [2.05, 4.69) is 56.3 Å². The van der Waals surface area contributed by atoms with Crippen molar-refractivity contribution in [2.45, 2.75) is 38.8 Å². The molecule has 5 nitrogen and oxygen atoms in total. The first-order valence-corrected chi connectivity index (χ1v) is 9.50. The van der Waals surface area contributed by atoms with Crippen molar-refractivity contribution in [2.75, 3.05) is 5.32 Å². The highest BCUT2D eigenvalue weighted by Gasteiger charge is 2.13. The summed E-state index contributed by atoms with van der Waals surface area (Å²) in [4.78, 5) is 8.70. The molecule has 0 saturated carbocycles. The predicted octanol–water partition coefficient (Wildman–Crippen LogP) is 4.36. The number of nitrogens with two attached hydrogens (primary N) is 1. The molecule has 0 unspecified atom stereocenters. The minimum absolute atomic E-state index is 0. The second kappa shape index (κ2) is 9.73. The Morgan fingerprint density at radius 1 is 1.07 bits per heavy atom. The van der Waals surface area contributed by atoms with Gasteiger partial charge < -0.3 is 15.6 Å². The fourth-order valence-electron chi connectivity index (χ4n) is 3.69. The van der Waals surface area contributed by atoms with E-state index in [0.29, 0.717) is 12.5 Å². The second-order valence-corrected chi connectivity index (χ2v) is 6.98. The molecule has 146 valence electrons. The summed E-state index contributed by atoms with van der Waals surface area (Å²) in [6, 6.07) is 14.7. The van der Waals surface area contributed by atoms with Crippen LogP contribution in [0, 0.1) is 0 Å². The molecule has 0 saturated heterocycles. The molecule has 0 atom stereocenters. The highest BCUT2D eigenvalue weighted by atomic mass is 127. The summed E-state index contributed by atoms with van der Waals surface area (Å²) in [6.45, 7) is 1.34. The van der Waals surface area contributed by atoms with Gasteiger partial charge in [-0.25, -0.2) is 9.98 Å². The van der Waals surface area contributed by atoms with Gasteiger partial charge in [-0.05, 0) is 54.0 Å². The topological polar surface area (TPSA) is 68.2 Å². The summed E-state index contributed by atoms with van der Waals surface area (Å²) < 4.78 is 2.06. The second-order valence-electron chi connectivity index (χ2n) is 6.98. The highest BCUT2D eigenvalue weighted by Crippen LogP contribution is 2.27. The Hall–Kier alpha value is -2.35. The van der Waals surface area contributed by atoms with Gasteiger partial charge in [0.1, 0.15) is 0 Å². The van der Waals surface area contributed by atoms with Crippen LogP contribution < -0.4 is 11.1 Å². The molecule has 2 aromatic carbocycles. The summed E-state index contributed by atoms with van der Waals surface area (Å²) in [7, 11) is 0. The molecular formula is C22H26IN5. The van der Waals surface area contributed by atoms with E-state index in [4.69, 9.17) is 5.73 Å². The van der Waals surface area contributed by atoms with Crippen LogP contribution in [0.25, 0.3) is 0 Å². The quantitative estimate of drug-likeness (QED) is 0.320. The maximum atomic E-state index is 6.20. The molecule has 0 aliphatic heterocycles. The zero-order valence-corrected chi connectivity index (χ0v) is 18.2. The fraction of sp³-hybridized carbons (Fsp3) is 0.273. The van der Waals surface area contributed by atoms with Gasteiger partial charge in [-0.3, -0.25) is 0 Å². The van der Waals surface area contributed by atoms with Crippen molar-refractivity contribution in [3.05, 3.63) is 83.4 Å². The Morgan fingerprint density at radius 2 is 1.89 bits per heavy atom. The molecule has 0 spiro atoms. The lowest BCUT2D eigenvalue weighted by Gasteiger charge is -2.19. The third-order valence-corrected chi connectivity index (χ3v) is 5.11. The number of rotatable bonds is 5. The Bertz CT molecular complexity index is 934. The molecule has 0 bridgehead atoms. The largest absolute Gasteiger partial charge is 0.370 e. The van der Waals surface area contributed by atoms with Crippen LogP contribution in [0.4, 0.5) is 5.69 Å². The first kappa shape index (κ1) is 20.4. The van der Waals surface area contributed by atoms with E-state index < -0.39 is 0 Å². The van der Waals surface area contributed by atoms with Crippen molar-refractivity contribution in [3.63, 3.8) is 0 Å². The van der Waals surface area contributed by atoms with E-state index in [0.717, 1.165) is 25.1 Å². The van der Waals surface area contributed by atoms with Crippen molar-refractivity contribution in [1.29, 1.82) is 0 Å². The van der Waals surface area contributed by atoms with Gasteiger partial charge in [0.15, 0.2) is 5.96 Å². The molecule has 1 heterocycles. The number of anilines is 1. The summed E-state index contributed by atoms with van der Waals surface area (Å²) >= 11 is 0. The number of fused-ring (bicyclic) bond motifs is 1. The monoisotopic (exact) mass is 487 g/mol. The number of aryl methyl sites for hydroxylation is 1. The number of aromatic nitrogens is 2. The summed E-state index contributed by atoms with van der Waals surface area (Å²) in [6.07, 6.45) is 10.4. The van der Waals surface area contributed by atoms with Gasteiger partial charge in [0, 0.05) is 24.6 Å². The maximum Gasteiger partial charge on any atom is 0.193 e. The molecule has 3 N–H and O–H groups in total. The Morgan fingerprint density at radius 3 is 2.71 bits per heavy atom. The van der Waals surface area contributed by atoms with Gasteiger partial charge >= 0.3 is 0 Å². The molecule has 3 aromatic rings. The SMILES string of the molecule is I.NC(=NCc1ccccc1Cn1ccnc1)Nc1cccc2c1CCCC2. The standard InChI is InChI=1S/C22H25N5.HI/c23-22(26-21-11-5-9-17-6-3-4-10-20(17)21)25-14-18-7-1-2-8-19(18)15-27-13-12-24-16-27;/h1-2,5,7-9,11-13,16H,3-4,6,10,14-15H2,(H3,23,25,26);1H. The van der Waals surface area contributed by atoms with Crippen LogP contribution in [0.1, 0.15) is 35.1 Å². The Kier molecular flexibility index (Phi) is 7.08. The molecule has 0 radical (unpaired) electrons. The smallest absolute Gasteiger partial charge is 0.193 e. The number of hydrogen-bond donors (Lipinski definition) is 2. The van der Waals surface area contributed by atoms with Crippen LogP contribution in [-0.2, 0) is 25.9 Å². The van der Waals surface area contributed by atoms with Crippen LogP contribution in [0.2, 0.25) is 0 Å². The zero-order valence-electron chi connectivity index (χ0n) is 15.8. The van der Waals surface area contributed by atoms with Crippen LogP contribution in [-0.4, -0.2) is 15.5 Å². The van der Waals surface area contributed by atoms with E-state index in [1.165, 1.54) is 35.1 Å². The minimum atomic E-state index is 0. The number of halogens is 1. The van der Waals surface area contributed by atoms with Crippen molar-refractivity contribution in [3.8, 4) is 0 Å². The number of nitrogens with zero attached hydrogens (tertiary/aromatic N) is 3. The van der Waals surface area contributed by atoms with Gasteiger partial charge in [0.25, 0.3) is 0 Å². The van der Waals surface area contributed by atoms with Crippen LogP contribution >= 0.6 is 24.0 Å². The van der Waals surface area contributed by atoms with Crippen LogP contribution in [0.15, 0.2) is 66.2 Å². The average Bonchev–Trinajstić information content (AvgIpc) is 3.21. The first-order valence-electron chi connectivity index (χ1n) is 9.50. The van der Waals surface area contributed by atoms with Gasteiger partial charge in [0.2, 0.25) is 0 Å². The van der Waals surface area contributed by atoms with Crippen molar-refractivity contribution in [2.24, 2.45) is 10.7 Å². The van der Waals surface area contributed by atoms with E-state index in [1.807, 2.05) is 18.6 Å². The number of nitrogens with one attached hydrogen (secondary N) is 1. The number of guanidine groups is 1. The summed E-state index contributed by atoms with van der Waals surface area (Å²) in [5.41, 5.74) is 12.5. The van der Waals surface area contributed by atoms with Crippen molar-refractivity contribution in [1.82, 2.24) is 9.55 Å². The minimum Gasteiger partial charge on any atom is -0.370 e. The lowest BCUT2D eigenvalue weighted by molar-refractivity contribution is 0.687. The number of benzene rings is 2.